The van der Waals surface area contributed by atoms with Crippen LogP contribution < -0.4 is 14.8 Å². The number of ether oxygens (including phenoxy) is 3. The van der Waals surface area contributed by atoms with Gasteiger partial charge in [-0.1, -0.05) is 12.1 Å². The first-order chi connectivity index (χ1) is 13.6. The summed E-state index contributed by atoms with van der Waals surface area (Å²) < 4.78 is 15.7. The number of fused-ring (bicyclic) bond motifs is 1. The Kier molecular flexibility index (Phi) is 6.11. The van der Waals surface area contributed by atoms with Crippen molar-refractivity contribution in [3.05, 3.63) is 66.2 Å². The monoisotopic (exact) mass is 379 g/mol. The lowest BCUT2D eigenvalue weighted by molar-refractivity contribution is -0.118. The van der Waals surface area contributed by atoms with Gasteiger partial charge in [0.2, 0.25) is 0 Å². The van der Waals surface area contributed by atoms with E-state index in [-0.39, 0.29) is 12.5 Å². The number of hydrogen-bond donors (Lipinski definition) is 1. The first-order valence-electron chi connectivity index (χ1n) is 8.86. The second-order valence-corrected chi connectivity index (χ2v) is 6.01. The third kappa shape index (κ3) is 4.79. The summed E-state index contributed by atoms with van der Waals surface area (Å²) in [6.07, 6.45) is 0. The first kappa shape index (κ1) is 19.2. The van der Waals surface area contributed by atoms with Crippen LogP contribution in [0.2, 0.25) is 0 Å². The molecule has 0 aliphatic rings. The van der Waals surface area contributed by atoms with Gasteiger partial charge in [-0.15, -0.1) is 0 Å². The lowest BCUT2D eigenvalue weighted by Gasteiger charge is -2.09. The van der Waals surface area contributed by atoms with Crippen molar-refractivity contribution in [2.75, 3.05) is 25.6 Å². The third-order valence-corrected chi connectivity index (χ3v) is 4.07. The second kappa shape index (κ2) is 8.90. The number of esters is 1. The number of nitrogens with one attached hydrogen (secondary N) is 1. The molecule has 144 valence electrons. The summed E-state index contributed by atoms with van der Waals surface area (Å²) in [6, 6.07) is 17.9. The summed E-state index contributed by atoms with van der Waals surface area (Å²) in [5.41, 5.74) is 1.01. The largest absolute Gasteiger partial charge is 0.497 e. The Hall–Kier alpha value is -3.54. The maximum Gasteiger partial charge on any atom is 0.338 e. The maximum atomic E-state index is 12.1. The quantitative estimate of drug-likeness (QED) is 0.627. The van der Waals surface area contributed by atoms with Gasteiger partial charge < -0.3 is 19.5 Å². The van der Waals surface area contributed by atoms with Crippen LogP contribution in [0.4, 0.5) is 5.69 Å². The highest BCUT2D eigenvalue weighted by molar-refractivity contribution is 5.94. The van der Waals surface area contributed by atoms with Crippen LogP contribution in [0.25, 0.3) is 10.8 Å². The fourth-order valence-electron chi connectivity index (χ4n) is 2.67. The molecule has 3 aromatic carbocycles. The first-order valence-corrected chi connectivity index (χ1v) is 8.86. The van der Waals surface area contributed by atoms with E-state index in [1.54, 1.807) is 38.3 Å². The highest BCUT2D eigenvalue weighted by Crippen LogP contribution is 2.25. The lowest BCUT2D eigenvalue weighted by Crippen LogP contribution is -2.20. The van der Waals surface area contributed by atoms with E-state index in [0.717, 1.165) is 16.5 Å². The van der Waals surface area contributed by atoms with Gasteiger partial charge >= 0.3 is 5.97 Å². The zero-order valence-corrected chi connectivity index (χ0v) is 15.7. The Bertz CT molecular complexity index is 982. The van der Waals surface area contributed by atoms with Gasteiger partial charge in [-0.25, -0.2) is 4.79 Å². The number of benzene rings is 3. The lowest BCUT2D eigenvalue weighted by atomic mass is 10.1. The number of hydrogen-bond acceptors (Lipinski definition) is 5. The highest BCUT2D eigenvalue weighted by Gasteiger charge is 2.08. The van der Waals surface area contributed by atoms with Crippen LogP contribution in [-0.2, 0) is 9.53 Å². The smallest absolute Gasteiger partial charge is 0.338 e. The molecule has 0 fully saturated rings. The van der Waals surface area contributed by atoms with Crippen LogP contribution in [0.5, 0.6) is 11.5 Å². The number of carbonyl (C=O) groups is 2. The summed E-state index contributed by atoms with van der Waals surface area (Å²) in [6.45, 7) is 1.93. The Balaban J connectivity index is 1.58. The van der Waals surface area contributed by atoms with Gasteiger partial charge in [-0.2, -0.15) is 0 Å². The maximum absolute atomic E-state index is 12.1. The zero-order chi connectivity index (χ0) is 19.9. The Morgan fingerprint density at radius 1 is 0.893 bits per heavy atom. The summed E-state index contributed by atoms with van der Waals surface area (Å²) in [5, 5.41) is 4.75. The van der Waals surface area contributed by atoms with E-state index in [4.69, 9.17) is 14.2 Å². The molecule has 0 saturated heterocycles. The molecule has 0 unspecified atom stereocenters. The molecule has 0 bridgehead atoms. The van der Waals surface area contributed by atoms with E-state index >= 15 is 0 Å². The van der Waals surface area contributed by atoms with Crippen molar-refractivity contribution in [2.45, 2.75) is 6.92 Å². The molecular weight excluding hydrogens is 358 g/mol. The van der Waals surface area contributed by atoms with Crippen LogP contribution >= 0.6 is 0 Å². The average Bonchev–Trinajstić information content (AvgIpc) is 2.72. The molecule has 0 radical (unpaired) electrons. The van der Waals surface area contributed by atoms with Gasteiger partial charge in [0.1, 0.15) is 11.5 Å². The van der Waals surface area contributed by atoms with Crippen molar-refractivity contribution in [1.29, 1.82) is 0 Å². The van der Waals surface area contributed by atoms with E-state index in [9.17, 15) is 9.59 Å². The number of methoxy groups -OCH3 is 1. The molecule has 3 rings (SSSR count). The predicted octanol–water partition coefficient (Wildman–Crippen LogP) is 4.04. The molecular formula is C22H21NO5. The topological polar surface area (TPSA) is 73.9 Å². The predicted molar refractivity (Wildman–Crippen MR) is 107 cm³/mol. The van der Waals surface area contributed by atoms with E-state index in [0.29, 0.717) is 23.6 Å². The molecule has 0 atom stereocenters. The molecule has 6 heteroatoms. The van der Waals surface area contributed by atoms with Crippen molar-refractivity contribution < 1.29 is 23.8 Å². The van der Waals surface area contributed by atoms with Crippen molar-refractivity contribution in [3.63, 3.8) is 0 Å². The molecule has 3 aromatic rings. The molecule has 0 spiro atoms. The summed E-state index contributed by atoms with van der Waals surface area (Å²) in [4.78, 5) is 23.8. The minimum Gasteiger partial charge on any atom is -0.497 e. The standard InChI is InChI=1S/C22H21NO5/c1-3-27-22(25)16-4-8-18(9-5-16)23-21(24)14-28-20-11-7-15-6-10-19(26-2)12-17(15)13-20/h4-13H,3,14H2,1-2H3,(H,23,24). The summed E-state index contributed by atoms with van der Waals surface area (Å²) in [7, 11) is 1.62. The fraction of sp³-hybridized carbons (Fsp3) is 0.182. The molecule has 28 heavy (non-hydrogen) atoms. The van der Waals surface area contributed by atoms with Gasteiger partial charge in [-0.05, 0) is 66.2 Å². The zero-order valence-electron chi connectivity index (χ0n) is 15.7. The molecule has 0 saturated carbocycles. The molecule has 1 amide bonds. The van der Waals surface area contributed by atoms with Crippen LogP contribution in [0.1, 0.15) is 17.3 Å². The number of carbonyl (C=O) groups excluding carboxylic acids is 2. The molecule has 0 heterocycles. The van der Waals surface area contributed by atoms with Gasteiger partial charge in [0.25, 0.3) is 5.91 Å². The van der Waals surface area contributed by atoms with Crippen LogP contribution in [0, 0.1) is 0 Å². The molecule has 1 N–H and O–H groups in total. The van der Waals surface area contributed by atoms with E-state index in [1.807, 2.05) is 36.4 Å². The average molecular weight is 379 g/mol. The summed E-state index contributed by atoms with van der Waals surface area (Å²) in [5.74, 6) is 0.661. The Labute approximate surface area is 163 Å². The number of anilines is 1. The van der Waals surface area contributed by atoms with Gasteiger partial charge in [0.05, 0.1) is 19.3 Å². The van der Waals surface area contributed by atoms with Crippen molar-refractivity contribution >= 4 is 28.3 Å². The van der Waals surface area contributed by atoms with Gasteiger partial charge in [0, 0.05) is 5.69 Å². The molecule has 0 aliphatic carbocycles. The normalized spacial score (nSPS) is 10.4. The molecule has 0 aromatic heterocycles. The van der Waals surface area contributed by atoms with Gasteiger partial charge in [-0.3, -0.25) is 4.79 Å². The third-order valence-electron chi connectivity index (χ3n) is 4.07. The minimum atomic E-state index is -0.392. The molecule has 0 aliphatic heterocycles. The number of amides is 1. The Morgan fingerprint density at radius 2 is 1.57 bits per heavy atom. The second-order valence-electron chi connectivity index (χ2n) is 6.01. The van der Waals surface area contributed by atoms with E-state index < -0.39 is 5.97 Å². The summed E-state index contributed by atoms with van der Waals surface area (Å²) >= 11 is 0. The van der Waals surface area contributed by atoms with Crippen LogP contribution in [-0.4, -0.2) is 32.2 Å². The van der Waals surface area contributed by atoms with E-state index in [1.165, 1.54) is 0 Å². The minimum absolute atomic E-state index is 0.130. The van der Waals surface area contributed by atoms with Crippen molar-refractivity contribution in [3.8, 4) is 11.5 Å². The van der Waals surface area contributed by atoms with Crippen molar-refractivity contribution in [2.24, 2.45) is 0 Å². The van der Waals surface area contributed by atoms with Gasteiger partial charge in [0.15, 0.2) is 6.61 Å². The highest BCUT2D eigenvalue weighted by atomic mass is 16.5. The van der Waals surface area contributed by atoms with Crippen LogP contribution in [0.3, 0.4) is 0 Å². The van der Waals surface area contributed by atoms with Crippen LogP contribution in [0.15, 0.2) is 60.7 Å². The SMILES string of the molecule is CCOC(=O)c1ccc(NC(=O)COc2ccc3ccc(OC)cc3c2)cc1. The Morgan fingerprint density at radius 3 is 2.25 bits per heavy atom. The number of rotatable bonds is 7. The fourth-order valence-corrected chi connectivity index (χ4v) is 2.67. The van der Waals surface area contributed by atoms with Crippen molar-refractivity contribution in [1.82, 2.24) is 0 Å². The van der Waals surface area contributed by atoms with E-state index in [2.05, 4.69) is 5.32 Å². The molecule has 6 nitrogen and oxygen atoms in total.